The molecule has 1 aromatic heterocycles. The fourth-order valence-corrected chi connectivity index (χ4v) is 3.93. The summed E-state index contributed by atoms with van der Waals surface area (Å²) in [6.45, 7) is 2.28. The largest absolute Gasteiger partial charge is 0.350 e. The van der Waals surface area contributed by atoms with Crippen molar-refractivity contribution >= 4 is 11.6 Å². The third kappa shape index (κ3) is 3.27. The van der Waals surface area contributed by atoms with Crippen molar-refractivity contribution in [1.82, 2.24) is 9.47 Å². The van der Waals surface area contributed by atoms with Gasteiger partial charge >= 0.3 is 0 Å². The maximum Gasteiger partial charge on any atom is 0.131 e. The lowest BCUT2D eigenvalue weighted by Gasteiger charge is -2.31. The summed E-state index contributed by atoms with van der Waals surface area (Å²) in [4.78, 5) is 2.22. The first-order valence-corrected chi connectivity index (χ1v) is 9.09. The van der Waals surface area contributed by atoms with E-state index in [-0.39, 0.29) is 6.04 Å². The van der Waals surface area contributed by atoms with E-state index in [0.717, 1.165) is 36.8 Å². The minimum atomic E-state index is -0.562. The molecule has 134 valence electrons. The molecular formula is C21H19ClF2N2. The highest BCUT2D eigenvalue weighted by molar-refractivity contribution is 6.31. The Labute approximate surface area is 156 Å². The summed E-state index contributed by atoms with van der Waals surface area (Å²) < 4.78 is 30.3. The van der Waals surface area contributed by atoms with Crippen LogP contribution in [-0.4, -0.2) is 16.0 Å². The van der Waals surface area contributed by atoms with E-state index in [0.29, 0.717) is 17.1 Å². The number of aryl methyl sites for hydroxylation is 1. The van der Waals surface area contributed by atoms with Gasteiger partial charge in [0.25, 0.3) is 0 Å². The molecule has 1 aliphatic heterocycles. The van der Waals surface area contributed by atoms with Gasteiger partial charge in [-0.05, 0) is 36.2 Å². The molecule has 1 aliphatic rings. The van der Waals surface area contributed by atoms with Crippen LogP contribution < -0.4 is 0 Å². The molecule has 0 saturated heterocycles. The number of hydrogen-bond acceptors (Lipinski definition) is 1. The zero-order valence-electron chi connectivity index (χ0n) is 14.2. The third-order valence-electron chi connectivity index (χ3n) is 4.94. The number of benzene rings is 2. The predicted molar refractivity (Wildman–Crippen MR) is 99.1 cm³/mol. The van der Waals surface area contributed by atoms with E-state index in [1.165, 1.54) is 6.07 Å². The SMILES string of the molecule is Fc1ccc(C2c3cccn3CCCN2Cc2ccccc2Cl)c(F)c1. The molecule has 0 aliphatic carbocycles. The molecule has 0 N–H and O–H groups in total. The Morgan fingerprint density at radius 1 is 1.00 bits per heavy atom. The molecule has 5 heteroatoms. The quantitative estimate of drug-likeness (QED) is 0.596. The molecule has 2 heterocycles. The smallest absolute Gasteiger partial charge is 0.131 e. The molecule has 4 rings (SSSR count). The van der Waals surface area contributed by atoms with Gasteiger partial charge in [-0.15, -0.1) is 0 Å². The van der Waals surface area contributed by atoms with Crippen molar-refractivity contribution in [3.63, 3.8) is 0 Å². The molecule has 2 nitrogen and oxygen atoms in total. The number of halogens is 3. The Balaban J connectivity index is 1.79. The molecule has 3 aromatic rings. The van der Waals surface area contributed by atoms with Crippen molar-refractivity contribution < 1.29 is 8.78 Å². The summed E-state index contributed by atoms with van der Waals surface area (Å²) in [5, 5.41) is 0.699. The van der Waals surface area contributed by atoms with Crippen LogP contribution in [0.1, 0.15) is 29.3 Å². The number of fused-ring (bicyclic) bond motifs is 1. The van der Waals surface area contributed by atoms with Gasteiger partial charge in [0.15, 0.2) is 0 Å². The third-order valence-corrected chi connectivity index (χ3v) is 5.31. The number of nitrogens with zero attached hydrogens (tertiary/aromatic N) is 2. The predicted octanol–water partition coefficient (Wildman–Crippen LogP) is 5.42. The monoisotopic (exact) mass is 372 g/mol. The molecule has 26 heavy (non-hydrogen) atoms. The Morgan fingerprint density at radius 3 is 2.65 bits per heavy atom. The van der Waals surface area contributed by atoms with Gasteiger partial charge < -0.3 is 4.57 Å². The number of aromatic nitrogens is 1. The lowest BCUT2D eigenvalue weighted by atomic mass is 10.00. The molecule has 0 amide bonds. The summed E-state index contributed by atoms with van der Waals surface area (Å²) in [5.41, 5.74) is 2.50. The maximum absolute atomic E-state index is 14.7. The summed E-state index contributed by atoms with van der Waals surface area (Å²) in [6, 6.07) is 15.2. The van der Waals surface area contributed by atoms with Gasteiger partial charge in [-0.2, -0.15) is 0 Å². The Kier molecular flexibility index (Phi) is 4.79. The Bertz CT molecular complexity index is 922. The van der Waals surface area contributed by atoms with Crippen LogP contribution in [0.3, 0.4) is 0 Å². The van der Waals surface area contributed by atoms with E-state index in [9.17, 15) is 8.78 Å². The van der Waals surface area contributed by atoms with Crippen molar-refractivity contribution in [2.24, 2.45) is 0 Å². The summed E-state index contributed by atoms with van der Waals surface area (Å²) >= 11 is 6.35. The fourth-order valence-electron chi connectivity index (χ4n) is 3.73. The second kappa shape index (κ2) is 7.22. The highest BCUT2D eigenvalue weighted by Crippen LogP contribution is 2.35. The molecule has 0 bridgehead atoms. The van der Waals surface area contributed by atoms with Gasteiger partial charge in [0.05, 0.1) is 6.04 Å². The van der Waals surface area contributed by atoms with Crippen LogP contribution in [0.4, 0.5) is 8.78 Å². The van der Waals surface area contributed by atoms with E-state index >= 15 is 0 Å². The van der Waals surface area contributed by atoms with Gasteiger partial charge in [0.1, 0.15) is 11.6 Å². The highest BCUT2D eigenvalue weighted by Gasteiger charge is 2.29. The molecule has 0 fully saturated rings. The molecule has 1 unspecified atom stereocenters. The number of hydrogen-bond donors (Lipinski definition) is 0. The second-order valence-corrected chi connectivity index (χ2v) is 7.02. The van der Waals surface area contributed by atoms with Crippen molar-refractivity contribution in [1.29, 1.82) is 0 Å². The van der Waals surface area contributed by atoms with E-state index in [4.69, 9.17) is 11.6 Å². The summed E-state index contributed by atoms with van der Waals surface area (Å²) in [7, 11) is 0. The summed E-state index contributed by atoms with van der Waals surface area (Å²) in [6.07, 6.45) is 2.97. The van der Waals surface area contributed by atoms with Crippen LogP contribution in [0.2, 0.25) is 5.02 Å². The minimum Gasteiger partial charge on any atom is -0.350 e. The standard InChI is InChI=1S/C21H19ClF2N2/c22-18-6-2-1-5-15(18)14-26-12-4-11-25-10-3-7-20(25)21(26)17-9-8-16(23)13-19(17)24/h1-3,5-10,13,21H,4,11-12,14H2. The topological polar surface area (TPSA) is 8.17 Å². The Hall–Kier alpha value is -2.17. The lowest BCUT2D eigenvalue weighted by Crippen LogP contribution is -2.30. The van der Waals surface area contributed by atoms with Crippen molar-refractivity contribution in [3.8, 4) is 0 Å². The van der Waals surface area contributed by atoms with Crippen molar-refractivity contribution in [2.75, 3.05) is 6.54 Å². The van der Waals surface area contributed by atoms with Gasteiger partial charge in [0, 0.05) is 48.2 Å². The minimum absolute atomic E-state index is 0.288. The first kappa shape index (κ1) is 17.3. The highest BCUT2D eigenvalue weighted by atomic mass is 35.5. The Morgan fingerprint density at radius 2 is 1.85 bits per heavy atom. The molecule has 2 aromatic carbocycles. The zero-order chi connectivity index (χ0) is 18.1. The van der Waals surface area contributed by atoms with Gasteiger partial charge in [-0.1, -0.05) is 35.9 Å². The molecule has 0 saturated carbocycles. The van der Waals surface area contributed by atoms with E-state index in [1.54, 1.807) is 6.07 Å². The zero-order valence-corrected chi connectivity index (χ0v) is 15.0. The fraction of sp³-hybridized carbons (Fsp3) is 0.238. The van der Waals surface area contributed by atoms with Gasteiger partial charge in [0.2, 0.25) is 0 Å². The second-order valence-electron chi connectivity index (χ2n) is 6.61. The average Bonchev–Trinajstić information content (AvgIpc) is 3.00. The molecule has 0 spiro atoms. The van der Waals surface area contributed by atoms with E-state index < -0.39 is 11.6 Å². The van der Waals surface area contributed by atoms with Crippen LogP contribution in [0.25, 0.3) is 0 Å². The molecule has 0 radical (unpaired) electrons. The van der Waals surface area contributed by atoms with Crippen LogP contribution in [0.5, 0.6) is 0 Å². The number of rotatable bonds is 3. The summed E-state index contributed by atoms with van der Waals surface area (Å²) in [5.74, 6) is -1.08. The van der Waals surface area contributed by atoms with Crippen LogP contribution >= 0.6 is 11.6 Å². The molecule has 1 atom stereocenters. The normalized spacial score (nSPS) is 17.7. The molecular weight excluding hydrogens is 354 g/mol. The maximum atomic E-state index is 14.7. The van der Waals surface area contributed by atoms with E-state index in [1.807, 2.05) is 42.6 Å². The van der Waals surface area contributed by atoms with Crippen molar-refractivity contribution in [2.45, 2.75) is 25.6 Å². The van der Waals surface area contributed by atoms with Crippen molar-refractivity contribution in [3.05, 3.63) is 94.3 Å². The van der Waals surface area contributed by atoms with Crippen LogP contribution in [0, 0.1) is 11.6 Å². The van der Waals surface area contributed by atoms with Crippen LogP contribution in [-0.2, 0) is 13.1 Å². The van der Waals surface area contributed by atoms with Gasteiger partial charge in [-0.25, -0.2) is 8.78 Å². The van der Waals surface area contributed by atoms with Gasteiger partial charge in [-0.3, -0.25) is 4.90 Å². The first-order valence-electron chi connectivity index (χ1n) is 8.71. The van der Waals surface area contributed by atoms with Crippen LogP contribution in [0.15, 0.2) is 60.8 Å². The van der Waals surface area contributed by atoms with E-state index in [2.05, 4.69) is 9.47 Å². The lowest BCUT2D eigenvalue weighted by molar-refractivity contribution is 0.216. The average molecular weight is 373 g/mol. The first-order chi connectivity index (χ1) is 12.6.